The Bertz CT molecular complexity index is 1190. The van der Waals surface area contributed by atoms with Crippen LogP contribution in [0.2, 0.25) is 0 Å². The summed E-state index contributed by atoms with van der Waals surface area (Å²) in [5, 5.41) is 12.8. The molecule has 0 radical (unpaired) electrons. The maximum Gasteiger partial charge on any atom is 0.264 e. The predicted octanol–water partition coefficient (Wildman–Crippen LogP) is 3.21. The van der Waals surface area contributed by atoms with Crippen molar-refractivity contribution >= 4 is 32.4 Å². The number of carbonyl (C=O) groups excluding carboxylic acids is 1. The molecule has 2 heterocycles. The van der Waals surface area contributed by atoms with E-state index in [0.717, 1.165) is 11.3 Å². The van der Waals surface area contributed by atoms with Crippen molar-refractivity contribution in [3.8, 4) is 0 Å². The van der Waals surface area contributed by atoms with Crippen LogP contribution >= 0.6 is 11.3 Å². The number of benzene rings is 2. The van der Waals surface area contributed by atoms with Crippen LogP contribution in [0.1, 0.15) is 28.8 Å². The highest BCUT2D eigenvalue weighted by atomic mass is 32.2. The SMILES string of the molecule is O=C(c1ccccc1S(=O)(=O)Nc1nccs1)N1CCC(O)(c2cccc(F)c2)CC1. The van der Waals surface area contributed by atoms with Crippen molar-refractivity contribution in [2.24, 2.45) is 0 Å². The lowest BCUT2D eigenvalue weighted by Gasteiger charge is -2.38. The average Bonchev–Trinajstić information content (AvgIpc) is 3.26. The topological polar surface area (TPSA) is 99.6 Å². The first-order valence-electron chi connectivity index (χ1n) is 9.58. The van der Waals surface area contributed by atoms with Crippen molar-refractivity contribution in [1.82, 2.24) is 9.88 Å². The number of nitrogens with zero attached hydrogens (tertiary/aromatic N) is 2. The molecule has 31 heavy (non-hydrogen) atoms. The van der Waals surface area contributed by atoms with Gasteiger partial charge in [0, 0.05) is 24.7 Å². The number of carbonyl (C=O) groups is 1. The fourth-order valence-electron chi connectivity index (χ4n) is 3.64. The van der Waals surface area contributed by atoms with Gasteiger partial charge in [-0.15, -0.1) is 11.3 Å². The number of thiazole rings is 1. The zero-order valence-corrected chi connectivity index (χ0v) is 18.0. The smallest absolute Gasteiger partial charge is 0.264 e. The molecule has 2 N–H and O–H groups in total. The number of nitrogens with one attached hydrogen (secondary N) is 1. The van der Waals surface area contributed by atoms with Crippen LogP contribution in [0.15, 0.2) is 65.0 Å². The van der Waals surface area contributed by atoms with E-state index < -0.39 is 27.3 Å². The first-order chi connectivity index (χ1) is 14.8. The molecule has 0 spiro atoms. The molecule has 0 saturated carbocycles. The van der Waals surface area contributed by atoms with Crippen molar-refractivity contribution in [3.63, 3.8) is 0 Å². The molecule has 0 aliphatic carbocycles. The zero-order chi connectivity index (χ0) is 22.1. The van der Waals surface area contributed by atoms with Crippen LogP contribution < -0.4 is 4.72 Å². The Balaban J connectivity index is 1.54. The molecular formula is C21H20FN3O4S2. The molecule has 1 aliphatic heterocycles. The lowest BCUT2D eigenvalue weighted by molar-refractivity contribution is -0.0214. The second-order valence-electron chi connectivity index (χ2n) is 7.27. The van der Waals surface area contributed by atoms with Gasteiger partial charge in [0.25, 0.3) is 15.9 Å². The third kappa shape index (κ3) is 4.46. The molecule has 0 bridgehead atoms. The van der Waals surface area contributed by atoms with Gasteiger partial charge in [-0.05, 0) is 42.7 Å². The molecule has 2 aromatic carbocycles. The molecule has 162 valence electrons. The first-order valence-corrected chi connectivity index (χ1v) is 11.9. The van der Waals surface area contributed by atoms with Crippen LogP contribution in [0.4, 0.5) is 9.52 Å². The van der Waals surface area contributed by atoms with Crippen molar-refractivity contribution in [2.75, 3.05) is 17.8 Å². The van der Waals surface area contributed by atoms with Crippen molar-refractivity contribution in [2.45, 2.75) is 23.3 Å². The molecule has 0 unspecified atom stereocenters. The van der Waals surface area contributed by atoms with Gasteiger partial charge in [0.2, 0.25) is 0 Å². The Labute approximate surface area is 183 Å². The summed E-state index contributed by atoms with van der Waals surface area (Å²) in [4.78, 5) is 18.4. The fraction of sp³-hybridized carbons (Fsp3) is 0.238. The van der Waals surface area contributed by atoms with Gasteiger partial charge >= 0.3 is 0 Å². The molecular weight excluding hydrogens is 441 g/mol. The monoisotopic (exact) mass is 461 g/mol. The Morgan fingerprint density at radius 2 is 1.90 bits per heavy atom. The van der Waals surface area contributed by atoms with E-state index in [1.54, 1.807) is 23.6 Å². The average molecular weight is 462 g/mol. The van der Waals surface area contributed by atoms with Crippen molar-refractivity contribution in [3.05, 3.63) is 77.1 Å². The molecule has 1 amide bonds. The molecule has 1 aromatic heterocycles. The Morgan fingerprint density at radius 3 is 2.58 bits per heavy atom. The highest BCUT2D eigenvalue weighted by Crippen LogP contribution is 2.34. The van der Waals surface area contributed by atoms with E-state index in [0.29, 0.717) is 5.56 Å². The summed E-state index contributed by atoms with van der Waals surface area (Å²) in [6.07, 6.45) is 1.91. The second kappa shape index (κ2) is 8.37. The molecule has 1 aliphatic rings. The van der Waals surface area contributed by atoms with E-state index in [-0.39, 0.29) is 41.5 Å². The largest absolute Gasteiger partial charge is 0.385 e. The van der Waals surface area contributed by atoms with E-state index in [4.69, 9.17) is 0 Å². The predicted molar refractivity (Wildman–Crippen MR) is 115 cm³/mol. The summed E-state index contributed by atoms with van der Waals surface area (Å²) in [5.74, 6) is -0.877. The number of rotatable bonds is 5. The molecule has 10 heteroatoms. The van der Waals surface area contributed by atoms with Gasteiger partial charge in [0.1, 0.15) is 10.7 Å². The molecule has 0 atom stereocenters. The summed E-state index contributed by atoms with van der Waals surface area (Å²) >= 11 is 1.13. The molecule has 1 fully saturated rings. The Hall–Kier alpha value is -2.82. The van der Waals surface area contributed by atoms with Gasteiger partial charge in [0.15, 0.2) is 5.13 Å². The lowest BCUT2D eigenvalue weighted by atomic mass is 9.84. The highest BCUT2D eigenvalue weighted by Gasteiger charge is 2.37. The highest BCUT2D eigenvalue weighted by molar-refractivity contribution is 7.93. The van der Waals surface area contributed by atoms with Crippen LogP contribution in [-0.2, 0) is 15.6 Å². The summed E-state index contributed by atoms with van der Waals surface area (Å²) < 4.78 is 41.6. The number of anilines is 1. The number of sulfonamides is 1. The van der Waals surface area contributed by atoms with Gasteiger partial charge in [-0.25, -0.2) is 17.8 Å². The van der Waals surface area contributed by atoms with E-state index in [1.807, 2.05) is 0 Å². The molecule has 4 rings (SSSR count). The molecule has 3 aromatic rings. The minimum Gasteiger partial charge on any atom is -0.385 e. The fourth-order valence-corrected chi connectivity index (χ4v) is 5.63. The van der Waals surface area contributed by atoms with Gasteiger partial charge in [-0.1, -0.05) is 24.3 Å². The third-order valence-corrected chi connectivity index (χ3v) is 7.52. The van der Waals surface area contributed by atoms with Crippen LogP contribution in [-0.4, -0.2) is 42.4 Å². The summed E-state index contributed by atoms with van der Waals surface area (Å²) in [6, 6.07) is 11.8. The van der Waals surface area contributed by atoms with Crippen molar-refractivity contribution in [1.29, 1.82) is 0 Å². The van der Waals surface area contributed by atoms with E-state index in [2.05, 4.69) is 9.71 Å². The number of halogens is 1. The van der Waals surface area contributed by atoms with Crippen molar-refractivity contribution < 1.29 is 22.7 Å². The quantitative estimate of drug-likeness (QED) is 0.608. The number of likely N-dealkylation sites (tertiary alicyclic amines) is 1. The van der Waals surface area contributed by atoms with Crippen LogP contribution in [0.5, 0.6) is 0 Å². The van der Waals surface area contributed by atoms with Crippen LogP contribution in [0, 0.1) is 5.82 Å². The van der Waals surface area contributed by atoms with Crippen LogP contribution in [0.3, 0.4) is 0 Å². The minimum absolute atomic E-state index is 0.0442. The first kappa shape index (κ1) is 21.4. The lowest BCUT2D eigenvalue weighted by Crippen LogP contribution is -2.45. The summed E-state index contributed by atoms with van der Waals surface area (Å²) in [6.45, 7) is 0.417. The minimum atomic E-state index is -4.01. The van der Waals surface area contributed by atoms with Crippen LogP contribution in [0.25, 0.3) is 0 Å². The van der Waals surface area contributed by atoms with Gasteiger partial charge in [-0.3, -0.25) is 9.52 Å². The molecule has 7 nitrogen and oxygen atoms in total. The van der Waals surface area contributed by atoms with Gasteiger partial charge in [0.05, 0.1) is 11.2 Å². The molecule has 1 saturated heterocycles. The van der Waals surface area contributed by atoms with E-state index in [9.17, 15) is 22.7 Å². The normalized spacial score (nSPS) is 16.1. The third-order valence-electron chi connectivity index (χ3n) is 5.30. The van der Waals surface area contributed by atoms with Gasteiger partial charge in [-0.2, -0.15) is 0 Å². The maximum atomic E-state index is 13.6. The van der Waals surface area contributed by atoms with E-state index in [1.165, 1.54) is 41.4 Å². The number of hydrogen-bond donors (Lipinski definition) is 2. The number of aromatic nitrogens is 1. The zero-order valence-electron chi connectivity index (χ0n) is 16.4. The number of piperidine rings is 1. The summed E-state index contributed by atoms with van der Waals surface area (Å²) in [5.41, 5.74) is -0.727. The Morgan fingerprint density at radius 1 is 1.16 bits per heavy atom. The second-order valence-corrected chi connectivity index (χ2v) is 9.82. The summed E-state index contributed by atoms with van der Waals surface area (Å²) in [7, 11) is -4.01. The maximum absolute atomic E-state index is 13.6. The number of hydrogen-bond acceptors (Lipinski definition) is 6. The van der Waals surface area contributed by atoms with Gasteiger partial charge < -0.3 is 10.0 Å². The Kier molecular flexibility index (Phi) is 5.78. The standard InChI is InChI=1S/C21H20FN3O4S2/c22-16-5-3-4-15(14-16)21(27)8-11-25(12-9-21)19(26)17-6-1-2-7-18(17)31(28,29)24-20-23-10-13-30-20/h1-7,10,13-14,27H,8-9,11-12H2,(H,23,24). The number of aliphatic hydroxyl groups is 1. The number of amides is 1. The van der Waals surface area contributed by atoms with E-state index >= 15 is 0 Å².